The average Bonchev–Trinajstić information content (AvgIpc) is 2.27. The molecule has 0 spiro atoms. The Hall–Kier alpha value is -1.35. The maximum Gasteiger partial charge on any atom is 0.220 e. The van der Waals surface area contributed by atoms with E-state index in [1.54, 1.807) is 12.1 Å². The fourth-order valence-corrected chi connectivity index (χ4v) is 1.57. The molecule has 0 bridgehead atoms. The van der Waals surface area contributed by atoms with E-state index in [0.29, 0.717) is 5.56 Å². The first-order valence-electron chi connectivity index (χ1n) is 4.89. The van der Waals surface area contributed by atoms with E-state index in [-0.39, 0.29) is 0 Å². The summed E-state index contributed by atoms with van der Waals surface area (Å²) in [6.45, 7) is 1.23. The van der Waals surface area contributed by atoms with Crippen molar-refractivity contribution in [3.63, 3.8) is 0 Å². The molecule has 0 heterocycles. The zero-order valence-electron chi connectivity index (χ0n) is 9.53. The van der Waals surface area contributed by atoms with Crippen molar-refractivity contribution in [2.45, 2.75) is 12.3 Å². The summed E-state index contributed by atoms with van der Waals surface area (Å²) in [5.41, 5.74) is 1.66. The smallest absolute Gasteiger partial charge is 0.220 e. The van der Waals surface area contributed by atoms with E-state index < -0.39 is 16.9 Å². The molecule has 0 saturated carbocycles. The maximum absolute atomic E-state index is 11.4. The van der Waals surface area contributed by atoms with Gasteiger partial charge in [0.25, 0.3) is 0 Å². The summed E-state index contributed by atoms with van der Waals surface area (Å²) in [5.74, 6) is -1.09. The number of hydrogen-bond acceptors (Lipinski definition) is 3. The van der Waals surface area contributed by atoms with Gasteiger partial charge in [-0.1, -0.05) is 12.1 Å². The molecular weight excluding hydrogens is 226 g/mol. The van der Waals surface area contributed by atoms with E-state index in [1.807, 2.05) is 31.1 Å². The van der Waals surface area contributed by atoms with Gasteiger partial charge in [-0.25, -0.2) is 0 Å². The molecule has 1 rings (SSSR count). The Balaban J connectivity index is 2.89. The Morgan fingerprint density at radius 3 is 2.06 bits per heavy atom. The maximum atomic E-state index is 11.4. The van der Waals surface area contributed by atoms with Gasteiger partial charge in [-0.2, -0.15) is 0 Å². The topological polar surface area (TPSA) is 37.4 Å². The van der Waals surface area contributed by atoms with Gasteiger partial charge in [0.2, 0.25) is 5.78 Å². The van der Waals surface area contributed by atoms with Crippen LogP contribution in [0.25, 0.3) is 0 Å². The van der Waals surface area contributed by atoms with Crippen LogP contribution in [0.15, 0.2) is 24.3 Å². The fourth-order valence-electron chi connectivity index (χ4n) is 1.27. The van der Waals surface area contributed by atoms with Gasteiger partial charge in [0.15, 0.2) is 5.78 Å². The zero-order valence-corrected chi connectivity index (χ0v) is 10.3. The Bertz CT molecular complexity index is 398. The number of hydrogen-bond donors (Lipinski definition) is 0. The van der Waals surface area contributed by atoms with Crippen LogP contribution >= 0.6 is 11.6 Å². The van der Waals surface area contributed by atoms with Crippen LogP contribution in [0.4, 0.5) is 5.69 Å². The summed E-state index contributed by atoms with van der Waals surface area (Å²) in [4.78, 5) is 24.2. The third-order valence-electron chi connectivity index (χ3n) is 2.28. The second kappa shape index (κ2) is 5.12. The third-order valence-corrected chi connectivity index (χ3v) is 2.73. The minimum atomic E-state index is -0.881. The van der Waals surface area contributed by atoms with E-state index >= 15 is 0 Å². The van der Waals surface area contributed by atoms with Crippen molar-refractivity contribution < 1.29 is 9.59 Å². The number of benzene rings is 1. The van der Waals surface area contributed by atoms with Gasteiger partial charge in [-0.15, -0.1) is 11.6 Å². The molecule has 0 aliphatic heterocycles. The fraction of sp³-hybridized carbons (Fsp3) is 0.333. The highest BCUT2D eigenvalue weighted by atomic mass is 35.5. The summed E-state index contributed by atoms with van der Waals surface area (Å²) in [5, 5.41) is -0.881. The second-order valence-corrected chi connectivity index (χ2v) is 4.21. The van der Waals surface area contributed by atoms with Crippen LogP contribution in [-0.2, 0) is 9.59 Å². The summed E-state index contributed by atoms with van der Waals surface area (Å²) in [6.07, 6.45) is 0. The molecule has 1 unspecified atom stereocenters. The summed E-state index contributed by atoms with van der Waals surface area (Å²) >= 11 is 5.90. The molecule has 86 valence electrons. The number of Topliss-reactive ketones (excluding diaryl/α,β-unsaturated/α-hetero) is 2. The van der Waals surface area contributed by atoms with Crippen LogP contribution in [0.1, 0.15) is 17.9 Å². The lowest BCUT2D eigenvalue weighted by atomic mass is 10.1. The molecule has 0 saturated heterocycles. The van der Waals surface area contributed by atoms with Crippen molar-refractivity contribution in [2.24, 2.45) is 0 Å². The number of alkyl halides is 1. The van der Waals surface area contributed by atoms with Crippen LogP contribution in [0, 0.1) is 0 Å². The standard InChI is InChI=1S/C12H14ClNO2/c1-8(15)12(16)11(13)9-4-6-10(7-5-9)14(2)3/h4-7,11H,1-3H3. The summed E-state index contributed by atoms with van der Waals surface area (Å²) < 4.78 is 0. The van der Waals surface area contributed by atoms with Crippen LogP contribution in [0.5, 0.6) is 0 Å². The Morgan fingerprint density at radius 1 is 1.19 bits per heavy atom. The molecule has 1 aromatic rings. The van der Waals surface area contributed by atoms with Crippen molar-refractivity contribution in [2.75, 3.05) is 19.0 Å². The van der Waals surface area contributed by atoms with Gasteiger partial charge < -0.3 is 4.90 Å². The summed E-state index contributed by atoms with van der Waals surface area (Å²) in [6, 6.07) is 7.23. The first kappa shape index (κ1) is 12.7. The number of rotatable bonds is 4. The Morgan fingerprint density at radius 2 is 1.69 bits per heavy atom. The molecule has 4 heteroatoms. The first-order chi connectivity index (χ1) is 7.43. The minimum Gasteiger partial charge on any atom is -0.378 e. The van der Waals surface area contributed by atoms with E-state index in [1.165, 1.54) is 6.92 Å². The molecule has 3 nitrogen and oxygen atoms in total. The predicted octanol–water partition coefficient (Wildman–Crippen LogP) is 2.19. The number of carbonyl (C=O) groups is 2. The highest BCUT2D eigenvalue weighted by Crippen LogP contribution is 2.24. The number of anilines is 1. The van der Waals surface area contributed by atoms with Crippen molar-refractivity contribution in [1.29, 1.82) is 0 Å². The van der Waals surface area contributed by atoms with E-state index in [9.17, 15) is 9.59 Å². The van der Waals surface area contributed by atoms with Crippen LogP contribution in [0.3, 0.4) is 0 Å². The highest BCUT2D eigenvalue weighted by molar-refractivity contribution is 6.48. The first-order valence-corrected chi connectivity index (χ1v) is 5.33. The molecule has 0 aromatic heterocycles. The van der Waals surface area contributed by atoms with E-state index in [2.05, 4.69) is 0 Å². The van der Waals surface area contributed by atoms with Gasteiger partial charge in [0, 0.05) is 26.7 Å². The number of ketones is 2. The summed E-state index contributed by atoms with van der Waals surface area (Å²) in [7, 11) is 3.85. The normalized spacial score (nSPS) is 12.0. The van der Waals surface area contributed by atoms with Gasteiger partial charge >= 0.3 is 0 Å². The molecule has 0 fully saturated rings. The lowest BCUT2D eigenvalue weighted by Crippen LogP contribution is -2.15. The van der Waals surface area contributed by atoms with Gasteiger partial charge in [0.1, 0.15) is 5.38 Å². The number of carbonyl (C=O) groups excluding carboxylic acids is 2. The molecule has 0 radical (unpaired) electrons. The number of nitrogens with zero attached hydrogens (tertiary/aromatic N) is 1. The number of halogens is 1. The quantitative estimate of drug-likeness (QED) is 0.597. The second-order valence-electron chi connectivity index (χ2n) is 3.77. The predicted molar refractivity (Wildman–Crippen MR) is 65.1 cm³/mol. The van der Waals surface area contributed by atoms with Gasteiger partial charge in [-0.05, 0) is 17.7 Å². The van der Waals surface area contributed by atoms with E-state index in [4.69, 9.17) is 11.6 Å². The molecule has 1 aromatic carbocycles. The van der Waals surface area contributed by atoms with Crippen molar-refractivity contribution in [1.82, 2.24) is 0 Å². The highest BCUT2D eigenvalue weighted by Gasteiger charge is 2.21. The van der Waals surface area contributed by atoms with Crippen LogP contribution in [-0.4, -0.2) is 25.7 Å². The molecule has 0 aliphatic rings. The largest absolute Gasteiger partial charge is 0.378 e. The van der Waals surface area contributed by atoms with Crippen LogP contribution in [0.2, 0.25) is 0 Å². The average molecular weight is 240 g/mol. The molecule has 16 heavy (non-hydrogen) atoms. The van der Waals surface area contributed by atoms with Crippen molar-refractivity contribution >= 4 is 28.9 Å². The lowest BCUT2D eigenvalue weighted by molar-refractivity contribution is -0.135. The molecule has 0 amide bonds. The Labute approximate surface area is 100 Å². The minimum absolute atomic E-state index is 0.517. The SMILES string of the molecule is CC(=O)C(=O)C(Cl)c1ccc(N(C)C)cc1. The van der Waals surface area contributed by atoms with Crippen LogP contribution < -0.4 is 4.90 Å². The third kappa shape index (κ3) is 2.83. The molecular formula is C12H14ClNO2. The molecule has 0 N–H and O–H groups in total. The van der Waals surface area contributed by atoms with Crippen molar-refractivity contribution in [3.05, 3.63) is 29.8 Å². The Kier molecular flexibility index (Phi) is 4.07. The molecule has 0 aliphatic carbocycles. The molecule has 1 atom stereocenters. The van der Waals surface area contributed by atoms with E-state index in [0.717, 1.165) is 5.69 Å². The monoisotopic (exact) mass is 239 g/mol. The van der Waals surface area contributed by atoms with Gasteiger partial charge in [-0.3, -0.25) is 9.59 Å². The lowest BCUT2D eigenvalue weighted by Gasteiger charge is -2.13. The van der Waals surface area contributed by atoms with Crippen molar-refractivity contribution in [3.8, 4) is 0 Å². The zero-order chi connectivity index (χ0) is 12.3. The van der Waals surface area contributed by atoms with Gasteiger partial charge in [0.05, 0.1) is 0 Å².